The van der Waals surface area contributed by atoms with E-state index in [9.17, 15) is 9.59 Å². The molecule has 134 valence electrons. The first-order chi connectivity index (χ1) is 12.6. The van der Waals surface area contributed by atoms with Crippen molar-refractivity contribution in [1.82, 2.24) is 9.96 Å². The van der Waals surface area contributed by atoms with Crippen molar-refractivity contribution >= 4 is 29.4 Å². The van der Waals surface area contributed by atoms with Crippen LogP contribution in [0.15, 0.2) is 43.0 Å². The summed E-state index contributed by atoms with van der Waals surface area (Å²) in [7, 11) is 1.33. The van der Waals surface area contributed by atoms with Crippen LogP contribution in [0.1, 0.15) is 33.0 Å². The van der Waals surface area contributed by atoms with E-state index in [0.717, 1.165) is 20.9 Å². The molecule has 0 saturated carbocycles. The Kier molecular flexibility index (Phi) is 4.26. The summed E-state index contributed by atoms with van der Waals surface area (Å²) in [5, 5.41) is 1.38. The molecule has 1 aromatic heterocycles. The fourth-order valence-corrected chi connectivity index (χ4v) is 4.58. The summed E-state index contributed by atoms with van der Waals surface area (Å²) in [6.45, 7) is 4.49. The van der Waals surface area contributed by atoms with Gasteiger partial charge in [-0.1, -0.05) is 43.0 Å². The number of methoxy groups -OCH3 is 1. The number of nitrogens with zero attached hydrogens (tertiary/aromatic N) is 2. The SMILES string of the molecule is C=Cc1cc2c(s1)[C@@H](C(=O)OC)N1C[C@@H]2N(OCc2ccccc2)C1=O. The first-order valence-corrected chi connectivity index (χ1v) is 9.06. The quantitative estimate of drug-likeness (QED) is 0.756. The van der Waals surface area contributed by atoms with Gasteiger partial charge in [-0.25, -0.2) is 9.59 Å². The summed E-state index contributed by atoms with van der Waals surface area (Å²) in [5.41, 5.74) is 1.90. The van der Waals surface area contributed by atoms with E-state index < -0.39 is 12.0 Å². The molecular weight excluding hydrogens is 352 g/mol. The third kappa shape index (κ3) is 2.60. The lowest BCUT2D eigenvalue weighted by atomic mass is 9.99. The van der Waals surface area contributed by atoms with Crippen molar-refractivity contribution in [2.75, 3.05) is 13.7 Å². The molecule has 1 saturated heterocycles. The largest absolute Gasteiger partial charge is 0.467 e. The molecule has 0 unspecified atom stereocenters. The van der Waals surface area contributed by atoms with Crippen LogP contribution in [-0.4, -0.2) is 35.6 Å². The number of hydrogen-bond donors (Lipinski definition) is 0. The van der Waals surface area contributed by atoms with Crippen LogP contribution in [-0.2, 0) is 21.0 Å². The van der Waals surface area contributed by atoms with Crippen molar-refractivity contribution in [3.05, 3.63) is 63.9 Å². The van der Waals surface area contributed by atoms with Crippen molar-refractivity contribution in [3.8, 4) is 0 Å². The molecule has 2 bridgehead atoms. The number of carbonyl (C=O) groups is 2. The smallest absolute Gasteiger partial charge is 0.345 e. The molecular formula is C19H18N2O4S. The average molecular weight is 370 g/mol. The zero-order valence-corrected chi connectivity index (χ0v) is 15.1. The van der Waals surface area contributed by atoms with E-state index in [0.29, 0.717) is 6.54 Å². The van der Waals surface area contributed by atoms with Gasteiger partial charge in [-0.05, 0) is 17.2 Å². The van der Waals surface area contributed by atoms with Gasteiger partial charge in [0.1, 0.15) is 12.6 Å². The number of urea groups is 1. The van der Waals surface area contributed by atoms with Gasteiger partial charge in [0.2, 0.25) is 0 Å². The predicted octanol–water partition coefficient (Wildman–Crippen LogP) is 3.53. The topological polar surface area (TPSA) is 59.1 Å². The van der Waals surface area contributed by atoms with Gasteiger partial charge in [0, 0.05) is 9.75 Å². The number of carbonyl (C=O) groups excluding carboxylic acids is 2. The highest BCUT2D eigenvalue weighted by Crippen LogP contribution is 2.48. The number of benzene rings is 1. The molecule has 2 aliphatic rings. The summed E-state index contributed by atoms with van der Waals surface area (Å²) < 4.78 is 4.94. The third-order valence-corrected chi connectivity index (χ3v) is 5.85. The van der Waals surface area contributed by atoms with Crippen LogP contribution >= 0.6 is 11.3 Å². The maximum atomic E-state index is 12.9. The molecule has 26 heavy (non-hydrogen) atoms. The maximum absolute atomic E-state index is 12.9. The molecule has 0 spiro atoms. The normalized spacial score (nSPS) is 20.9. The minimum absolute atomic E-state index is 0.243. The number of amides is 2. The molecule has 2 atom stereocenters. The summed E-state index contributed by atoms with van der Waals surface area (Å²) in [6, 6.07) is 10.3. The van der Waals surface area contributed by atoms with E-state index in [4.69, 9.17) is 9.57 Å². The van der Waals surface area contributed by atoms with E-state index in [1.54, 1.807) is 6.08 Å². The predicted molar refractivity (Wildman–Crippen MR) is 97.1 cm³/mol. The Morgan fingerprint density at radius 1 is 1.38 bits per heavy atom. The molecule has 0 radical (unpaired) electrons. The fraction of sp³-hybridized carbons (Fsp3) is 0.263. The number of fused-ring (bicyclic) bond motifs is 4. The first-order valence-electron chi connectivity index (χ1n) is 8.24. The molecule has 2 aromatic rings. The van der Waals surface area contributed by atoms with Crippen LogP contribution in [0.25, 0.3) is 6.08 Å². The second kappa shape index (κ2) is 6.59. The van der Waals surface area contributed by atoms with Gasteiger partial charge in [0.25, 0.3) is 0 Å². The van der Waals surface area contributed by atoms with Crippen LogP contribution in [0, 0.1) is 0 Å². The maximum Gasteiger partial charge on any atom is 0.345 e. The third-order valence-electron chi connectivity index (χ3n) is 4.65. The van der Waals surface area contributed by atoms with Crippen LogP contribution in [0.4, 0.5) is 4.79 Å². The van der Waals surface area contributed by atoms with Gasteiger partial charge in [-0.15, -0.1) is 11.3 Å². The van der Waals surface area contributed by atoms with Gasteiger partial charge >= 0.3 is 12.0 Å². The lowest BCUT2D eigenvalue weighted by Crippen LogP contribution is -2.38. The number of rotatable bonds is 5. The fourth-order valence-electron chi connectivity index (χ4n) is 3.40. The molecule has 1 fully saturated rings. The van der Waals surface area contributed by atoms with Crippen molar-refractivity contribution < 1.29 is 19.2 Å². The highest BCUT2D eigenvalue weighted by Gasteiger charge is 2.52. The zero-order valence-electron chi connectivity index (χ0n) is 14.3. The average Bonchev–Trinajstić information content (AvgIpc) is 3.22. The molecule has 0 N–H and O–H groups in total. The summed E-state index contributed by atoms with van der Waals surface area (Å²) in [4.78, 5) is 34.4. The second-order valence-corrected chi connectivity index (χ2v) is 7.25. The Hall–Kier alpha value is -2.64. The van der Waals surface area contributed by atoms with E-state index in [1.807, 2.05) is 36.4 Å². The van der Waals surface area contributed by atoms with Crippen LogP contribution in [0.3, 0.4) is 0 Å². The summed E-state index contributed by atoms with van der Waals surface area (Å²) >= 11 is 1.46. The zero-order chi connectivity index (χ0) is 18.3. The summed E-state index contributed by atoms with van der Waals surface area (Å²) in [5.74, 6) is -0.444. The van der Waals surface area contributed by atoms with Gasteiger partial charge in [-0.3, -0.25) is 4.84 Å². The Bertz CT molecular complexity index is 864. The Morgan fingerprint density at radius 2 is 2.15 bits per heavy atom. The molecule has 6 nitrogen and oxygen atoms in total. The van der Waals surface area contributed by atoms with Crippen molar-refractivity contribution in [2.45, 2.75) is 18.7 Å². The number of thiophene rings is 1. The van der Waals surface area contributed by atoms with E-state index in [1.165, 1.54) is 28.4 Å². The van der Waals surface area contributed by atoms with Crippen LogP contribution in [0.5, 0.6) is 0 Å². The highest BCUT2D eigenvalue weighted by atomic mass is 32.1. The first kappa shape index (κ1) is 16.8. The number of hydrogen-bond acceptors (Lipinski definition) is 5. The van der Waals surface area contributed by atoms with Crippen LogP contribution in [0.2, 0.25) is 0 Å². The number of hydroxylamine groups is 2. The lowest BCUT2D eigenvalue weighted by molar-refractivity contribution is -0.146. The molecule has 7 heteroatoms. The number of ether oxygens (including phenoxy) is 1. The molecule has 2 aliphatic heterocycles. The monoisotopic (exact) mass is 370 g/mol. The highest BCUT2D eigenvalue weighted by molar-refractivity contribution is 7.13. The van der Waals surface area contributed by atoms with Gasteiger partial charge < -0.3 is 9.64 Å². The minimum atomic E-state index is -0.734. The number of esters is 1. The Balaban J connectivity index is 1.67. The lowest BCUT2D eigenvalue weighted by Gasteiger charge is -2.28. The summed E-state index contributed by atoms with van der Waals surface area (Å²) in [6.07, 6.45) is 1.75. The Labute approximate surface area is 155 Å². The van der Waals surface area contributed by atoms with Gasteiger partial charge in [0.15, 0.2) is 6.04 Å². The van der Waals surface area contributed by atoms with E-state index in [2.05, 4.69) is 6.58 Å². The van der Waals surface area contributed by atoms with Crippen molar-refractivity contribution in [3.63, 3.8) is 0 Å². The van der Waals surface area contributed by atoms with Gasteiger partial charge in [-0.2, -0.15) is 5.06 Å². The standard InChI is InChI=1S/C19H18N2O4S/c1-3-13-9-14-15-10-20(16(17(14)26-13)18(22)24-2)19(23)21(15)25-11-12-7-5-4-6-8-12/h3-9,15-16H,1,10-11H2,2H3/t15-,16-/m0/s1. The van der Waals surface area contributed by atoms with E-state index in [-0.39, 0.29) is 18.7 Å². The molecule has 4 rings (SSSR count). The second-order valence-electron chi connectivity index (χ2n) is 6.13. The molecule has 1 aromatic carbocycles. The van der Waals surface area contributed by atoms with Crippen molar-refractivity contribution in [2.24, 2.45) is 0 Å². The molecule has 3 heterocycles. The van der Waals surface area contributed by atoms with Gasteiger partial charge in [0.05, 0.1) is 13.7 Å². The van der Waals surface area contributed by atoms with Crippen molar-refractivity contribution in [1.29, 1.82) is 0 Å². The molecule has 2 amide bonds. The molecule has 0 aliphatic carbocycles. The van der Waals surface area contributed by atoms with Crippen LogP contribution < -0.4 is 0 Å². The van der Waals surface area contributed by atoms with E-state index >= 15 is 0 Å². The Morgan fingerprint density at radius 3 is 2.85 bits per heavy atom. The minimum Gasteiger partial charge on any atom is -0.467 e.